The Morgan fingerprint density at radius 3 is 2.49 bits per heavy atom. The maximum Gasteiger partial charge on any atom is 0.254 e. The number of hydrogen-bond acceptors (Lipinski definition) is 7. The van der Waals surface area contributed by atoms with Gasteiger partial charge in [0.2, 0.25) is 0 Å². The number of rotatable bonds is 12. The zero-order valence-electron chi connectivity index (χ0n) is 26.5. The Bertz CT molecular complexity index is 1650. The monoisotopic (exact) mass is 656 g/mol. The number of nitrogens with one attached hydrogen (secondary N) is 2. The molecule has 2 saturated heterocycles. The molecule has 6 rings (SSSR count). The van der Waals surface area contributed by atoms with Crippen LogP contribution >= 0.6 is 11.3 Å². The number of carbonyl (C=O) groups excluding carboxylic acids is 2. The second-order valence-electron chi connectivity index (χ2n) is 12.5. The van der Waals surface area contributed by atoms with E-state index in [2.05, 4.69) is 15.6 Å². The summed E-state index contributed by atoms with van der Waals surface area (Å²) in [4.78, 5) is 34.0. The number of hydrogen-bond donors (Lipinski definition) is 3. The number of aromatic nitrogens is 1. The number of halogens is 1. The highest BCUT2D eigenvalue weighted by Crippen LogP contribution is 2.35. The molecule has 0 unspecified atom stereocenters. The van der Waals surface area contributed by atoms with E-state index in [1.807, 2.05) is 73.0 Å². The molecule has 0 spiro atoms. The Balaban J connectivity index is 1.18. The summed E-state index contributed by atoms with van der Waals surface area (Å²) in [6.07, 6.45) is 1.61. The van der Waals surface area contributed by atoms with Crippen molar-refractivity contribution in [2.24, 2.45) is 0 Å². The molecule has 3 aromatic carbocycles. The van der Waals surface area contributed by atoms with E-state index in [0.29, 0.717) is 32.5 Å². The van der Waals surface area contributed by atoms with E-state index in [1.165, 1.54) is 29.5 Å². The normalized spacial score (nSPS) is 20.7. The van der Waals surface area contributed by atoms with Crippen LogP contribution in [0.5, 0.6) is 0 Å². The van der Waals surface area contributed by atoms with Crippen molar-refractivity contribution in [2.45, 2.75) is 76.2 Å². The van der Waals surface area contributed by atoms with Crippen molar-refractivity contribution in [3.8, 4) is 0 Å². The highest BCUT2D eigenvalue weighted by molar-refractivity contribution is 7.09. The molecule has 2 fully saturated rings. The lowest BCUT2D eigenvalue weighted by molar-refractivity contribution is 0.0419. The second-order valence-corrected chi connectivity index (χ2v) is 13.4. The summed E-state index contributed by atoms with van der Waals surface area (Å²) < 4.78 is 20.2. The number of carbonyl (C=O) groups is 2. The summed E-state index contributed by atoms with van der Waals surface area (Å²) in [6, 6.07) is 23.1. The van der Waals surface area contributed by atoms with E-state index >= 15 is 0 Å². The van der Waals surface area contributed by atoms with Crippen molar-refractivity contribution < 1.29 is 23.8 Å². The summed E-state index contributed by atoms with van der Waals surface area (Å²) >= 11 is 1.54. The maximum atomic E-state index is 14.1. The maximum absolute atomic E-state index is 14.1. The lowest BCUT2D eigenvalue weighted by Crippen LogP contribution is -2.52. The molecule has 0 radical (unpaired) electrons. The third kappa shape index (κ3) is 8.13. The van der Waals surface area contributed by atoms with Crippen molar-refractivity contribution in [1.29, 1.82) is 0 Å². The van der Waals surface area contributed by atoms with Gasteiger partial charge in [0.15, 0.2) is 0 Å². The van der Waals surface area contributed by atoms with Gasteiger partial charge in [-0.2, -0.15) is 0 Å². The van der Waals surface area contributed by atoms with Crippen molar-refractivity contribution in [3.05, 3.63) is 123 Å². The molecule has 246 valence electrons. The van der Waals surface area contributed by atoms with Gasteiger partial charge in [-0.05, 0) is 67.5 Å². The third-order valence-electron chi connectivity index (χ3n) is 8.98. The van der Waals surface area contributed by atoms with Crippen LogP contribution in [0, 0.1) is 6.92 Å². The summed E-state index contributed by atoms with van der Waals surface area (Å²) in [5.41, 5.74) is 3.64. The van der Waals surface area contributed by atoms with Crippen molar-refractivity contribution in [3.63, 3.8) is 0 Å². The Kier molecular flexibility index (Phi) is 10.7. The number of ether oxygens (including phenoxy) is 1. The molecular formula is C37H41FN4O4S. The van der Waals surface area contributed by atoms with Gasteiger partial charge in [-0.1, -0.05) is 60.7 Å². The fourth-order valence-electron chi connectivity index (χ4n) is 6.55. The summed E-state index contributed by atoms with van der Waals surface area (Å²) in [5, 5.41) is 20.9. The SMILES string of the molecule is Cc1csc([C@H]2CCCN2C(=O)c2cc(CF)cc(C(=O)N[C@H](Cc3ccccc3)[C@H](O)[C@H]3C[C@@H](OCc4ccccc4)CN3)c2)n1. The van der Waals surface area contributed by atoms with E-state index in [9.17, 15) is 19.1 Å². The summed E-state index contributed by atoms with van der Waals surface area (Å²) in [6.45, 7) is 2.75. The predicted molar refractivity (Wildman–Crippen MR) is 180 cm³/mol. The van der Waals surface area contributed by atoms with Crippen LogP contribution in [-0.4, -0.2) is 64.2 Å². The third-order valence-corrected chi connectivity index (χ3v) is 10.0. The number of thiazole rings is 1. The van der Waals surface area contributed by atoms with Crippen molar-refractivity contribution in [1.82, 2.24) is 20.5 Å². The molecule has 8 nitrogen and oxygen atoms in total. The van der Waals surface area contributed by atoms with Gasteiger partial charge in [-0.3, -0.25) is 9.59 Å². The van der Waals surface area contributed by atoms with E-state index in [0.717, 1.165) is 34.7 Å². The Hall–Kier alpha value is -3.96. The standard InChI is InChI=1S/C37H41FN4O4S/c1-24-23-47-36(40-24)33-13-8-14-42(33)37(45)29-16-27(20-38)15-28(18-29)35(44)41-32(17-25-9-4-2-5-10-25)34(43)31-19-30(21-39-31)46-22-26-11-6-3-7-12-26/h2-7,9-12,15-16,18,23,30-34,39,43H,8,13-14,17,19-22H2,1H3,(H,41,44)/t30-,31-,32-,33-,34-/m1/s1. The second kappa shape index (κ2) is 15.3. The van der Waals surface area contributed by atoms with E-state index in [1.54, 1.807) is 4.90 Å². The number of aliphatic hydroxyl groups excluding tert-OH is 1. The zero-order valence-corrected chi connectivity index (χ0v) is 27.3. The van der Waals surface area contributed by atoms with Crippen molar-refractivity contribution >= 4 is 23.2 Å². The number of amides is 2. The summed E-state index contributed by atoms with van der Waals surface area (Å²) in [7, 11) is 0. The lowest BCUT2D eigenvalue weighted by atomic mass is 9.94. The Morgan fingerprint density at radius 2 is 1.79 bits per heavy atom. The van der Waals surface area contributed by atoms with Crippen LogP contribution in [0.3, 0.4) is 0 Å². The molecule has 2 amide bonds. The first kappa shape index (κ1) is 33.0. The quantitative estimate of drug-likeness (QED) is 0.185. The largest absolute Gasteiger partial charge is 0.389 e. The first-order chi connectivity index (χ1) is 22.9. The molecule has 47 heavy (non-hydrogen) atoms. The van der Waals surface area contributed by atoms with Gasteiger partial charge in [0, 0.05) is 41.3 Å². The number of aliphatic hydroxyl groups is 1. The number of nitrogens with zero attached hydrogens (tertiary/aromatic N) is 2. The molecule has 2 aliphatic heterocycles. The minimum absolute atomic E-state index is 0.0829. The van der Waals surface area contributed by atoms with Crippen molar-refractivity contribution in [2.75, 3.05) is 13.1 Å². The fourth-order valence-corrected chi connectivity index (χ4v) is 7.49. The molecule has 3 N–H and O–H groups in total. The summed E-state index contributed by atoms with van der Waals surface area (Å²) in [5.74, 6) is -0.722. The highest BCUT2D eigenvalue weighted by atomic mass is 32.1. The van der Waals surface area contributed by atoms with Gasteiger partial charge in [0.1, 0.15) is 11.7 Å². The fraction of sp³-hybridized carbons (Fsp3) is 0.378. The van der Waals surface area contributed by atoms with Crippen LogP contribution in [-0.2, 0) is 24.4 Å². The van der Waals surface area contributed by atoms with Crippen LogP contribution in [0.1, 0.15) is 73.4 Å². The smallest absolute Gasteiger partial charge is 0.254 e. The lowest BCUT2D eigenvalue weighted by Gasteiger charge is -2.29. The van der Waals surface area contributed by atoms with Gasteiger partial charge >= 0.3 is 0 Å². The molecule has 3 heterocycles. The highest BCUT2D eigenvalue weighted by Gasteiger charge is 2.36. The van der Waals surface area contributed by atoms with Crippen LogP contribution in [0.25, 0.3) is 0 Å². The van der Waals surface area contributed by atoms with E-state index in [4.69, 9.17) is 4.74 Å². The molecule has 4 aromatic rings. The van der Waals surface area contributed by atoms with E-state index < -0.39 is 24.7 Å². The van der Waals surface area contributed by atoms with Crippen LogP contribution in [0.15, 0.2) is 84.2 Å². The van der Waals surface area contributed by atoms with Gasteiger partial charge < -0.3 is 25.4 Å². The Morgan fingerprint density at radius 1 is 1.06 bits per heavy atom. The number of aryl methyl sites for hydroxylation is 1. The van der Waals surface area contributed by atoms with Gasteiger partial charge in [0.25, 0.3) is 11.8 Å². The minimum Gasteiger partial charge on any atom is -0.389 e. The van der Waals surface area contributed by atoms with Crippen LogP contribution in [0.2, 0.25) is 0 Å². The van der Waals surface area contributed by atoms with E-state index in [-0.39, 0.29) is 40.8 Å². The topological polar surface area (TPSA) is 104 Å². The number of alkyl halides is 1. The molecular weight excluding hydrogens is 615 g/mol. The average molecular weight is 657 g/mol. The minimum atomic E-state index is -0.929. The van der Waals surface area contributed by atoms with Gasteiger partial charge in [-0.15, -0.1) is 11.3 Å². The van der Waals surface area contributed by atoms with Gasteiger partial charge in [0.05, 0.1) is 30.9 Å². The predicted octanol–water partition coefficient (Wildman–Crippen LogP) is 5.55. The molecule has 10 heteroatoms. The molecule has 0 bridgehead atoms. The Labute approximate surface area is 279 Å². The molecule has 2 aliphatic rings. The molecule has 1 aromatic heterocycles. The van der Waals surface area contributed by atoms with Gasteiger partial charge in [-0.25, -0.2) is 9.37 Å². The number of benzene rings is 3. The molecule has 0 saturated carbocycles. The zero-order chi connectivity index (χ0) is 32.8. The number of likely N-dealkylation sites (tertiary alicyclic amines) is 1. The first-order valence-corrected chi connectivity index (χ1v) is 17.1. The molecule has 5 atom stereocenters. The molecule has 0 aliphatic carbocycles. The average Bonchev–Trinajstić information content (AvgIpc) is 3.88. The van der Waals surface area contributed by atoms with Crippen LogP contribution in [0.4, 0.5) is 4.39 Å². The van der Waals surface area contributed by atoms with Crippen LogP contribution < -0.4 is 10.6 Å². The first-order valence-electron chi connectivity index (χ1n) is 16.2.